The lowest BCUT2D eigenvalue weighted by Gasteiger charge is -2.41. The lowest BCUT2D eigenvalue weighted by molar-refractivity contribution is -0.141. The molecule has 4 aliphatic heterocycles. The molecule has 0 spiro atoms. The third kappa shape index (κ3) is 8.22. The first-order valence-electron chi connectivity index (χ1n) is 21.8. The van der Waals surface area contributed by atoms with E-state index in [4.69, 9.17) is 14.7 Å². The predicted octanol–water partition coefficient (Wildman–Crippen LogP) is 8.55. The number of carbonyl (C=O) groups is 3. The number of piperidine rings is 1. The van der Waals surface area contributed by atoms with Crippen molar-refractivity contribution in [3.05, 3.63) is 108 Å². The first-order valence-corrected chi connectivity index (χ1v) is 21.8. The second kappa shape index (κ2) is 16.7. The molecule has 4 aliphatic rings. The number of H-pyrrole nitrogens is 2. The smallest absolute Gasteiger partial charge is 0.410 e. The number of rotatable bonds is 9. The zero-order valence-electron chi connectivity index (χ0n) is 35.0. The first kappa shape index (κ1) is 39.7. The summed E-state index contributed by atoms with van der Waals surface area (Å²) in [7, 11) is 0. The van der Waals surface area contributed by atoms with Crippen LogP contribution >= 0.6 is 0 Å². The molecule has 0 radical (unpaired) electrons. The van der Waals surface area contributed by atoms with Gasteiger partial charge in [0, 0.05) is 26.2 Å². The van der Waals surface area contributed by atoms with Gasteiger partial charge in [0.25, 0.3) is 0 Å². The molecule has 0 aliphatic carbocycles. The van der Waals surface area contributed by atoms with Crippen LogP contribution in [-0.2, 0) is 14.3 Å². The fraction of sp³-hybridized carbons (Fsp3) is 0.438. The molecule has 3 atom stereocenters. The van der Waals surface area contributed by atoms with Crippen molar-refractivity contribution >= 4 is 17.9 Å². The number of amides is 3. The maximum absolute atomic E-state index is 14.4. The number of likely N-dealkylation sites (tertiary alicyclic amines) is 4. The molecule has 12 nitrogen and oxygen atoms in total. The van der Waals surface area contributed by atoms with E-state index in [0.717, 1.165) is 109 Å². The lowest BCUT2D eigenvalue weighted by Crippen LogP contribution is -2.57. The molecular weight excluding hydrogens is 753 g/mol. The number of carbonyl (C=O) groups excluding carboxylic acids is 3. The third-order valence-electron chi connectivity index (χ3n) is 12.6. The average Bonchev–Trinajstić information content (AvgIpc) is 4.08. The van der Waals surface area contributed by atoms with Gasteiger partial charge in [0.2, 0.25) is 11.8 Å². The Morgan fingerprint density at radius 2 is 1.17 bits per heavy atom. The summed E-state index contributed by atoms with van der Waals surface area (Å²) in [6.45, 7) is 9.64. The maximum Gasteiger partial charge on any atom is 0.410 e. The van der Waals surface area contributed by atoms with Crippen molar-refractivity contribution in [2.45, 2.75) is 89.4 Å². The van der Waals surface area contributed by atoms with Crippen LogP contribution in [-0.4, -0.2) is 102 Å². The number of hydrogen-bond donors (Lipinski definition) is 2. The van der Waals surface area contributed by atoms with Crippen molar-refractivity contribution in [3.8, 4) is 33.6 Å². The van der Waals surface area contributed by atoms with Crippen LogP contribution in [0, 0.1) is 5.92 Å². The van der Waals surface area contributed by atoms with E-state index < -0.39 is 5.60 Å². The quantitative estimate of drug-likeness (QED) is 0.153. The van der Waals surface area contributed by atoms with E-state index in [0.29, 0.717) is 19.6 Å². The van der Waals surface area contributed by atoms with Gasteiger partial charge in [-0.15, -0.1) is 0 Å². The monoisotopic (exact) mass is 808 g/mol. The molecule has 5 aromatic rings. The summed E-state index contributed by atoms with van der Waals surface area (Å²) in [6, 6.07) is 26.8. The van der Waals surface area contributed by atoms with Crippen LogP contribution in [0.3, 0.4) is 0 Å². The van der Waals surface area contributed by atoms with Crippen LogP contribution < -0.4 is 0 Å². The molecule has 4 fully saturated rings. The van der Waals surface area contributed by atoms with Gasteiger partial charge in [-0.25, -0.2) is 14.8 Å². The Morgan fingerprint density at radius 1 is 0.650 bits per heavy atom. The van der Waals surface area contributed by atoms with Crippen molar-refractivity contribution in [2.75, 3.05) is 39.3 Å². The Labute approximate surface area is 352 Å². The highest BCUT2D eigenvalue weighted by atomic mass is 16.6. The average molecular weight is 809 g/mol. The number of ether oxygens (including phenoxy) is 1. The molecule has 12 heteroatoms. The van der Waals surface area contributed by atoms with Crippen molar-refractivity contribution < 1.29 is 19.1 Å². The van der Waals surface area contributed by atoms with Crippen molar-refractivity contribution in [1.82, 2.24) is 39.5 Å². The minimum absolute atomic E-state index is 0.0725. The molecule has 9 rings (SSSR count). The van der Waals surface area contributed by atoms with E-state index in [1.165, 1.54) is 6.42 Å². The predicted molar refractivity (Wildman–Crippen MR) is 230 cm³/mol. The molecule has 2 N–H and O–H groups in total. The molecule has 0 bridgehead atoms. The lowest BCUT2D eigenvalue weighted by atomic mass is 9.98. The number of aromatic nitrogens is 4. The van der Waals surface area contributed by atoms with Gasteiger partial charge in [0.05, 0.1) is 41.8 Å². The fourth-order valence-electron chi connectivity index (χ4n) is 9.44. The summed E-state index contributed by atoms with van der Waals surface area (Å²) in [6.07, 6.45) is 10.5. The summed E-state index contributed by atoms with van der Waals surface area (Å²) in [5.74, 6) is 1.68. The molecule has 3 amide bonds. The van der Waals surface area contributed by atoms with Crippen LogP contribution in [0.25, 0.3) is 33.6 Å². The summed E-state index contributed by atoms with van der Waals surface area (Å²) < 4.78 is 5.47. The van der Waals surface area contributed by atoms with Crippen LogP contribution in [0.15, 0.2) is 91.3 Å². The van der Waals surface area contributed by atoms with Gasteiger partial charge in [-0.05, 0) is 100 Å². The van der Waals surface area contributed by atoms with Gasteiger partial charge in [-0.3, -0.25) is 14.5 Å². The molecule has 4 saturated heterocycles. The number of imidazole rings is 2. The number of benzene rings is 3. The Kier molecular flexibility index (Phi) is 11.1. The number of nitrogens with one attached hydrogen (secondary N) is 2. The van der Waals surface area contributed by atoms with E-state index in [9.17, 15) is 14.4 Å². The van der Waals surface area contributed by atoms with Gasteiger partial charge < -0.3 is 29.4 Å². The second-order valence-corrected chi connectivity index (χ2v) is 17.9. The van der Waals surface area contributed by atoms with Crippen molar-refractivity contribution in [2.24, 2.45) is 5.92 Å². The summed E-state index contributed by atoms with van der Waals surface area (Å²) >= 11 is 0. The van der Waals surface area contributed by atoms with Gasteiger partial charge in [-0.1, -0.05) is 85.3 Å². The molecule has 6 heterocycles. The highest BCUT2D eigenvalue weighted by molar-refractivity contribution is 5.84. The van der Waals surface area contributed by atoms with Gasteiger partial charge in [0.15, 0.2) is 0 Å². The van der Waals surface area contributed by atoms with Gasteiger partial charge >= 0.3 is 6.09 Å². The summed E-state index contributed by atoms with van der Waals surface area (Å²) in [5, 5.41) is 0. The summed E-state index contributed by atoms with van der Waals surface area (Å²) in [5.41, 5.74) is 6.63. The first-order chi connectivity index (χ1) is 29.1. The number of hydrogen-bond acceptors (Lipinski definition) is 7. The molecule has 60 heavy (non-hydrogen) atoms. The topological polar surface area (TPSA) is 131 Å². The Morgan fingerprint density at radius 3 is 1.72 bits per heavy atom. The number of nitrogens with zero attached hydrogens (tertiary/aromatic N) is 6. The van der Waals surface area contributed by atoms with E-state index in [1.807, 2.05) is 56.3 Å². The van der Waals surface area contributed by atoms with Crippen LogP contribution in [0.2, 0.25) is 0 Å². The minimum atomic E-state index is -0.563. The Balaban J connectivity index is 0.828. The van der Waals surface area contributed by atoms with E-state index in [-0.39, 0.29) is 42.0 Å². The van der Waals surface area contributed by atoms with Crippen LogP contribution in [0.1, 0.15) is 101 Å². The Hall–Kier alpha value is -5.75. The highest BCUT2D eigenvalue weighted by Crippen LogP contribution is 2.38. The molecule has 0 saturated carbocycles. The van der Waals surface area contributed by atoms with Crippen molar-refractivity contribution in [1.29, 1.82) is 0 Å². The second-order valence-electron chi connectivity index (χ2n) is 17.9. The largest absolute Gasteiger partial charge is 0.444 e. The van der Waals surface area contributed by atoms with Crippen molar-refractivity contribution in [3.63, 3.8) is 0 Å². The SMILES string of the molecule is CC(C)(C)OC(=O)N1CC(C(=O)N2CCC[C@H]2c2ncc(-c3ccc(-c4ccc(-c5cnc([C@@H]6CCCN6C(=O)[C@@H](c6ccccc6)N6CCCCC6)[nH]5)cc4)cc3)[nH]2)C1. The molecule has 3 aromatic carbocycles. The zero-order chi connectivity index (χ0) is 41.4. The van der Waals surface area contributed by atoms with Crippen LogP contribution in [0.5, 0.6) is 0 Å². The zero-order valence-corrected chi connectivity index (χ0v) is 35.0. The fourth-order valence-corrected chi connectivity index (χ4v) is 9.44. The maximum atomic E-state index is 14.4. The van der Waals surface area contributed by atoms with Crippen LogP contribution in [0.4, 0.5) is 4.79 Å². The van der Waals surface area contributed by atoms with Gasteiger partial charge in [-0.2, -0.15) is 0 Å². The van der Waals surface area contributed by atoms with E-state index in [1.54, 1.807) is 4.90 Å². The summed E-state index contributed by atoms with van der Waals surface area (Å²) in [4.78, 5) is 64.9. The molecular formula is C48H56N8O4. The normalized spacial score (nSPS) is 20.6. The highest BCUT2D eigenvalue weighted by Gasteiger charge is 2.43. The van der Waals surface area contributed by atoms with Gasteiger partial charge in [0.1, 0.15) is 23.3 Å². The van der Waals surface area contributed by atoms with E-state index >= 15 is 0 Å². The molecule has 2 aromatic heterocycles. The molecule has 312 valence electrons. The Bertz CT molecular complexity index is 2280. The number of aromatic amines is 2. The van der Waals surface area contributed by atoms with E-state index in [2.05, 4.69) is 80.4 Å². The standard InChI is InChI=1S/C48H56N8O4/c1-48(2,3)60-47(59)54-30-37(31-54)45(57)55-26-10-14-40(55)43-49-28-38(51-43)34-20-16-32(17-21-34)33-18-22-35(23-19-33)39-29-50-44(52-39)41-15-11-27-56(41)46(58)42(36-12-6-4-7-13-36)53-24-8-5-9-25-53/h4,6-7,12-13,16-23,28-29,37,40-42H,5,8-11,14-15,24-27,30-31H2,1-3H3,(H,49,51)(H,50,52)/t40-,41-,42+/m0/s1. The molecule has 0 unspecified atom stereocenters. The third-order valence-corrected chi connectivity index (χ3v) is 12.6. The minimum Gasteiger partial charge on any atom is -0.444 e.